The highest BCUT2D eigenvalue weighted by Gasteiger charge is 2.15. The molecule has 5 heteroatoms. The molecular formula is C19H19NO4. The fourth-order valence-corrected chi connectivity index (χ4v) is 3.05. The number of fused-ring (bicyclic) bond motifs is 1. The van der Waals surface area contributed by atoms with Crippen molar-refractivity contribution in [3.05, 3.63) is 64.2 Å². The number of carboxylic acids is 1. The molecule has 0 fully saturated rings. The van der Waals surface area contributed by atoms with Crippen LogP contribution in [0.25, 0.3) is 0 Å². The molecular weight excluding hydrogens is 306 g/mol. The summed E-state index contributed by atoms with van der Waals surface area (Å²) in [6, 6.07) is 10.5. The molecule has 0 unspecified atom stereocenters. The van der Waals surface area contributed by atoms with Crippen LogP contribution in [0.1, 0.15) is 43.8 Å². The Balaban J connectivity index is 1.84. The number of hydrogen-bond donors (Lipinski definition) is 2. The van der Waals surface area contributed by atoms with Gasteiger partial charge in [0.05, 0.1) is 12.2 Å². The second-order valence-corrected chi connectivity index (χ2v) is 5.95. The third kappa shape index (κ3) is 3.46. The third-order valence-electron chi connectivity index (χ3n) is 4.17. The Bertz CT molecular complexity index is 798. The quantitative estimate of drug-likeness (QED) is 0.884. The highest BCUT2D eigenvalue weighted by Crippen LogP contribution is 2.23. The van der Waals surface area contributed by atoms with Crippen molar-refractivity contribution in [2.24, 2.45) is 0 Å². The fraction of sp³-hybridized carbons (Fsp3) is 0.263. The first kappa shape index (κ1) is 16.2. The molecule has 124 valence electrons. The van der Waals surface area contributed by atoms with Gasteiger partial charge in [0.15, 0.2) is 0 Å². The number of aromatic carboxylic acids is 1. The maximum Gasteiger partial charge on any atom is 0.335 e. The smallest absolute Gasteiger partial charge is 0.335 e. The van der Waals surface area contributed by atoms with Crippen molar-refractivity contribution in [2.75, 3.05) is 12.4 Å². The lowest BCUT2D eigenvalue weighted by atomic mass is 10.1. The molecule has 0 spiro atoms. The van der Waals surface area contributed by atoms with E-state index in [0.29, 0.717) is 16.8 Å². The lowest BCUT2D eigenvalue weighted by Gasteiger charge is -2.10. The van der Waals surface area contributed by atoms with E-state index in [2.05, 4.69) is 5.32 Å². The van der Waals surface area contributed by atoms with Crippen LogP contribution in [0, 0.1) is 0 Å². The fourth-order valence-electron chi connectivity index (χ4n) is 3.05. The number of rotatable bonds is 5. The molecule has 1 aliphatic carbocycles. The van der Waals surface area contributed by atoms with E-state index in [0.717, 1.165) is 19.3 Å². The molecule has 1 aliphatic rings. The molecule has 0 heterocycles. The number of carbonyl (C=O) groups excluding carboxylic acids is 1. The second kappa shape index (κ2) is 6.84. The number of carbonyl (C=O) groups is 2. The van der Waals surface area contributed by atoms with Crippen molar-refractivity contribution in [3.8, 4) is 0 Å². The summed E-state index contributed by atoms with van der Waals surface area (Å²) in [5.74, 6) is -1.28. The molecule has 0 radical (unpaired) electrons. The number of carboxylic acid groups (broad SMARTS) is 1. The van der Waals surface area contributed by atoms with Gasteiger partial charge in [-0.15, -0.1) is 0 Å². The highest BCUT2D eigenvalue weighted by molar-refractivity contribution is 6.05. The van der Waals surface area contributed by atoms with Crippen LogP contribution in [0.3, 0.4) is 0 Å². The number of ether oxygens (including phenoxy) is 1. The van der Waals surface area contributed by atoms with Crippen LogP contribution < -0.4 is 5.32 Å². The van der Waals surface area contributed by atoms with E-state index in [1.165, 1.54) is 30.4 Å². The second-order valence-electron chi connectivity index (χ2n) is 5.95. The van der Waals surface area contributed by atoms with Crippen LogP contribution in [0.15, 0.2) is 36.4 Å². The van der Waals surface area contributed by atoms with Crippen molar-refractivity contribution >= 4 is 17.6 Å². The van der Waals surface area contributed by atoms with Crippen molar-refractivity contribution in [3.63, 3.8) is 0 Å². The molecule has 0 bridgehead atoms. The van der Waals surface area contributed by atoms with E-state index < -0.39 is 5.97 Å². The molecule has 0 saturated carbocycles. The van der Waals surface area contributed by atoms with Gasteiger partial charge in [-0.25, -0.2) is 4.79 Å². The van der Waals surface area contributed by atoms with Gasteiger partial charge in [0, 0.05) is 18.4 Å². The summed E-state index contributed by atoms with van der Waals surface area (Å²) in [5, 5.41) is 12.0. The Morgan fingerprint density at radius 2 is 1.88 bits per heavy atom. The lowest BCUT2D eigenvalue weighted by Crippen LogP contribution is -2.13. The van der Waals surface area contributed by atoms with Gasteiger partial charge in [-0.05, 0) is 66.3 Å². The van der Waals surface area contributed by atoms with Crippen LogP contribution in [-0.4, -0.2) is 24.1 Å². The van der Waals surface area contributed by atoms with Crippen molar-refractivity contribution in [1.29, 1.82) is 0 Å². The summed E-state index contributed by atoms with van der Waals surface area (Å²) in [5.41, 5.74) is 4.39. The van der Waals surface area contributed by atoms with Crippen molar-refractivity contribution < 1.29 is 19.4 Å². The third-order valence-corrected chi connectivity index (χ3v) is 4.17. The Kier molecular flexibility index (Phi) is 4.62. The minimum Gasteiger partial charge on any atom is -0.478 e. The molecule has 0 aromatic heterocycles. The van der Waals surface area contributed by atoms with Crippen LogP contribution >= 0.6 is 0 Å². The molecule has 5 nitrogen and oxygen atoms in total. The highest BCUT2D eigenvalue weighted by atomic mass is 16.5. The molecule has 3 rings (SSSR count). The van der Waals surface area contributed by atoms with Crippen LogP contribution in [0.4, 0.5) is 5.69 Å². The van der Waals surface area contributed by atoms with E-state index in [4.69, 9.17) is 4.74 Å². The minimum absolute atomic E-state index is 0.119. The van der Waals surface area contributed by atoms with Gasteiger partial charge in [0.1, 0.15) is 0 Å². The van der Waals surface area contributed by atoms with Gasteiger partial charge < -0.3 is 15.2 Å². The Morgan fingerprint density at radius 3 is 2.62 bits per heavy atom. The summed E-state index contributed by atoms with van der Waals surface area (Å²) < 4.78 is 5.05. The molecule has 24 heavy (non-hydrogen) atoms. The first-order valence-electron chi connectivity index (χ1n) is 7.86. The van der Waals surface area contributed by atoms with E-state index >= 15 is 0 Å². The van der Waals surface area contributed by atoms with Crippen molar-refractivity contribution in [1.82, 2.24) is 0 Å². The summed E-state index contributed by atoms with van der Waals surface area (Å²) in [4.78, 5) is 23.7. The van der Waals surface area contributed by atoms with Crippen LogP contribution in [0.2, 0.25) is 0 Å². The summed E-state index contributed by atoms with van der Waals surface area (Å²) >= 11 is 0. The summed E-state index contributed by atoms with van der Waals surface area (Å²) in [7, 11) is 1.54. The molecule has 2 aromatic carbocycles. The van der Waals surface area contributed by atoms with Crippen LogP contribution in [-0.2, 0) is 24.2 Å². The summed E-state index contributed by atoms with van der Waals surface area (Å²) in [6.45, 7) is 0.281. The zero-order chi connectivity index (χ0) is 17.1. The molecule has 0 aliphatic heterocycles. The van der Waals surface area contributed by atoms with Gasteiger partial charge in [0.25, 0.3) is 5.91 Å². The van der Waals surface area contributed by atoms with Gasteiger partial charge in [-0.2, -0.15) is 0 Å². The largest absolute Gasteiger partial charge is 0.478 e. The molecule has 0 saturated heterocycles. The van der Waals surface area contributed by atoms with Gasteiger partial charge >= 0.3 is 5.97 Å². The predicted molar refractivity (Wildman–Crippen MR) is 90.5 cm³/mol. The van der Waals surface area contributed by atoms with E-state index in [9.17, 15) is 14.7 Å². The standard InChI is InChI=1S/C19H19NO4/c1-24-11-12-7-16(19(22)23)10-17(8-12)20-18(21)15-6-5-13-3-2-4-14(13)9-15/h5-10H,2-4,11H2,1H3,(H,20,21)(H,22,23). The number of aryl methyl sites for hydroxylation is 2. The summed E-state index contributed by atoms with van der Waals surface area (Å²) in [6.07, 6.45) is 3.20. The number of anilines is 1. The Morgan fingerprint density at radius 1 is 1.08 bits per heavy atom. The number of amides is 1. The maximum atomic E-state index is 12.5. The molecule has 2 N–H and O–H groups in total. The topological polar surface area (TPSA) is 75.6 Å². The first-order valence-corrected chi connectivity index (χ1v) is 7.86. The zero-order valence-electron chi connectivity index (χ0n) is 13.5. The van der Waals surface area contributed by atoms with E-state index in [1.807, 2.05) is 18.2 Å². The monoisotopic (exact) mass is 325 g/mol. The Labute approximate surface area is 140 Å². The predicted octanol–water partition coefficient (Wildman–Crippen LogP) is 3.27. The van der Waals surface area contributed by atoms with Gasteiger partial charge in [-0.1, -0.05) is 6.07 Å². The van der Waals surface area contributed by atoms with Crippen LogP contribution in [0.5, 0.6) is 0 Å². The van der Waals surface area contributed by atoms with E-state index in [-0.39, 0.29) is 18.1 Å². The molecule has 0 atom stereocenters. The molecule has 2 aromatic rings. The maximum absolute atomic E-state index is 12.5. The zero-order valence-corrected chi connectivity index (χ0v) is 13.5. The number of nitrogens with one attached hydrogen (secondary N) is 1. The number of hydrogen-bond acceptors (Lipinski definition) is 3. The van der Waals surface area contributed by atoms with Gasteiger partial charge in [0.2, 0.25) is 0 Å². The van der Waals surface area contributed by atoms with E-state index in [1.54, 1.807) is 6.07 Å². The van der Waals surface area contributed by atoms with Crippen molar-refractivity contribution in [2.45, 2.75) is 25.9 Å². The normalized spacial score (nSPS) is 12.7. The van der Waals surface area contributed by atoms with Gasteiger partial charge in [-0.3, -0.25) is 4.79 Å². The first-order chi connectivity index (χ1) is 11.6. The lowest BCUT2D eigenvalue weighted by molar-refractivity contribution is 0.0696. The Hall–Kier alpha value is -2.66. The average Bonchev–Trinajstić information content (AvgIpc) is 3.02. The molecule has 1 amide bonds. The number of benzene rings is 2. The SMILES string of the molecule is COCc1cc(NC(=O)c2ccc3c(c2)CCC3)cc(C(=O)O)c1. The minimum atomic E-state index is -1.04. The average molecular weight is 325 g/mol. The number of methoxy groups -OCH3 is 1.